The molecule has 3 aliphatic carbocycles. The van der Waals surface area contributed by atoms with Gasteiger partial charge in [0.05, 0.1) is 0 Å². The predicted molar refractivity (Wildman–Crippen MR) is 92.1 cm³/mol. The summed E-state index contributed by atoms with van der Waals surface area (Å²) in [5.74, 6) is 3.52. The maximum absolute atomic E-state index is 2.42. The van der Waals surface area contributed by atoms with Crippen LogP contribution in [0.25, 0.3) is 0 Å². The van der Waals surface area contributed by atoms with Crippen molar-refractivity contribution in [2.24, 2.45) is 0 Å². The van der Waals surface area contributed by atoms with Crippen LogP contribution in [-0.2, 0) is 0 Å². The first-order valence-corrected chi connectivity index (χ1v) is 10.1. The molecule has 0 amide bonds. The Balaban J connectivity index is 0.00000161. The van der Waals surface area contributed by atoms with Gasteiger partial charge in [-0.1, -0.05) is 96.8 Å². The van der Waals surface area contributed by atoms with E-state index in [0.717, 1.165) is 0 Å². The van der Waals surface area contributed by atoms with E-state index in [-0.39, 0.29) is 25.0 Å². The quantitative estimate of drug-likeness (QED) is 0.644. The Morgan fingerprint density at radius 2 is 1.00 bits per heavy atom. The predicted octanol–water partition coefficient (Wildman–Crippen LogP) is 4.07. The van der Waals surface area contributed by atoms with E-state index in [1.54, 1.807) is 83.4 Å². The third-order valence-corrected chi connectivity index (χ3v) is 7.89. The first-order chi connectivity index (χ1) is 9.88. The van der Waals surface area contributed by atoms with Gasteiger partial charge in [0.15, 0.2) is 0 Å². The molecule has 116 valence electrons. The second-order valence-corrected chi connectivity index (χ2v) is 8.56. The first-order valence-electron chi connectivity index (χ1n) is 10.1. The summed E-state index contributed by atoms with van der Waals surface area (Å²) in [6, 6.07) is 0. The van der Waals surface area contributed by atoms with Crippen molar-refractivity contribution in [1.29, 1.82) is 0 Å². The van der Waals surface area contributed by atoms with Crippen LogP contribution in [0.5, 0.6) is 0 Å². The minimum Gasteiger partial charge on any atom is -0.177 e. The molecule has 3 aliphatic rings. The van der Waals surface area contributed by atoms with E-state index < -0.39 is 0 Å². The van der Waals surface area contributed by atoms with Gasteiger partial charge < -0.3 is 0 Å². The van der Waals surface area contributed by atoms with E-state index in [0.29, 0.717) is 0 Å². The molecule has 21 heavy (non-hydrogen) atoms. The largest absolute Gasteiger partial charge is 1.00 e. The SMILES string of the molecule is CCCC[B-](C1CCCC1)(C1CCCC1)C1CCCC1.[Li+]. The van der Waals surface area contributed by atoms with Gasteiger partial charge in [-0.2, -0.15) is 23.8 Å². The number of unbranched alkanes of at least 4 members (excludes halogenated alkanes) is 1. The first kappa shape index (κ1) is 18.0. The Morgan fingerprint density at radius 3 is 1.29 bits per heavy atom. The molecular formula is C19H36BLi. The monoisotopic (exact) mass is 282 g/mol. The Kier molecular flexibility index (Phi) is 7.29. The summed E-state index contributed by atoms with van der Waals surface area (Å²) in [6.07, 6.45) is 23.6. The maximum Gasteiger partial charge on any atom is 1.00 e. The molecule has 0 atom stereocenters. The van der Waals surface area contributed by atoms with Crippen molar-refractivity contribution in [2.45, 2.75) is 121 Å². The third-order valence-electron chi connectivity index (χ3n) is 7.89. The number of hydrogen-bond acceptors (Lipinski definition) is 0. The van der Waals surface area contributed by atoms with E-state index in [2.05, 4.69) is 6.92 Å². The van der Waals surface area contributed by atoms with Gasteiger partial charge in [0.2, 0.25) is 0 Å². The summed E-state index contributed by atoms with van der Waals surface area (Å²) in [5.41, 5.74) is 0. The van der Waals surface area contributed by atoms with Gasteiger partial charge in [-0.15, -0.1) is 0 Å². The molecule has 0 N–H and O–H groups in total. The van der Waals surface area contributed by atoms with Crippen LogP contribution in [0.2, 0.25) is 23.8 Å². The van der Waals surface area contributed by atoms with E-state index in [1.165, 1.54) is 30.3 Å². The molecule has 0 spiro atoms. The molecule has 3 saturated carbocycles. The van der Waals surface area contributed by atoms with Gasteiger partial charge in [0.25, 0.3) is 0 Å². The van der Waals surface area contributed by atoms with Crippen LogP contribution in [0, 0.1) is 0 Å². The van der Waals surface area contributed by atoms with E-state index in [4.69, 9.17) is 0 Å². The number of hydrogen-bond donors (Lipinski definition) is 0. The second-order valence-electron chi connectivity index (χ2n) is 8.56. The van der Waals surface area contributed by atoms with Crippen LogP contribution in [0.15, 0.2) is 0 Å². The van der Waals surface area contributed by atoms with Gasteiger partial charge in [-0.25, -0.2) is 0 Å². The molecule has 0 radical (unpaired) electrons. The molecule has 0 unspecified atom stereocenters. The topological polar surface area (TPSA) is 0 Å². The number of rotatable bonds is 6. The third kappa shape index (κ3) is 3.61. The van der Waals surface area contributed by atoms with Crippen molar-refractivity contribution in [1.82, 2.24) is 0 Å². The molecule has 2 heteroatoms. The Hall–Kier alpha value is 0.662. The summed E-state index contributed by atoms with van der Waals surface area (Å²) in [4.78, 5) is 0. The van der Waals surface area contributed by atoms with Crippen LogP contribution in [0.1, 0.15) is 96.8 Å². The van der Waals surface area contributed by atoms with E-state index in [9.17, 15) is 0 Å². The molecule has 0 aromatic heterocycles. The Morgan fingerprint density at radius 1 is 0.667 bits per heavy atom. The minimum absolute atomic E-state index is 0. The maximum atomic E-state index is 2.42. The normalized spacial score (nSPS) is 25.6. The average Bonchev–Trinajstić information content (AvgIpc) is 3.23. The average molecular weight is 282 g/mol. The van der Waals surface area contributed by atoms with Gasteiger partial charge in [0, 0.05) is 6.15 Å². The van der Waals surface area contributed by atoms with Crippen LogP contribution >= 0.6 is 0 Å². The molecule has 0 aliphatic heterocycles. The molecule has 0 aromatic carbocycles. The fourth-order valence-electron chi connectivity index (χ4n) is 7.15. The molecule has 0 heterocycles. The molecule has 0 saturated heterocycles. The molecule has 0 aromatic rings. The van der Waals surface area contributed by atoms with E-state index >= 15 is 0 Å². The molecule has 0 nitrogen and oxygen atoms in total. The second kappa shape index (κ2) is 8.50. The zero-order chi connectivity index (χ0) is 13.8. The summed E-state index contributed by atoms with van der Waals surface area (Å²) in [7, 11) is 0. The van der Waals surface area contributed by atoms with Crippen molar-refractivity contribution < 1.29 is 18.9 Å². The minimum atomic E-state index is -0.0226. The van der Waals surface area contributed by atoms with Crippen LogP contribution in [0.4, 0.5) is 0 Å². The van der Waals surface area contributed by atoms with Crippen molar-refractivity contribution in [3.63, 3.8) is 0 Å². The van der Waals surface area contributed by atoms with Crippen molar-refractivity contribution >= 4 is 6.15 Å². The molecule has 3 fully saturated rings. The fourth-order valence-corrected chi connectivity index (χ4v) is 7.15. The van der Waals surface area contributed by atoms with Crippen LogP contribution in [-0.4, -0.2) is 6.15 Å². The Labute approximate surface area is 145 Å². The van der Waals surface area contributed by atoms with Gasteiger partial charge in [0.1, 0.15) is 0 Å². The summed E-state index contributed by atoms with van der Waals surface area (Å²) in [6.45, 7) is 2.42. The molecule has 0 bridgehead atoms. The van der Waals surface area contributed by atoms with Crippen LogP contribution < -0.4 is 18.9 Å². The zero-order valence-corrected chi connectivity index (χ0v) is 14.9. The van der Waals surface area contributed by atoms with Gasteiger partial charge >= 0.3 is 18.9 Å². The standard InChI is InChI=1S/C19H36B.Li/c1-2-3-16-20(17-10-4-5-11-17,18-12-6-7-13-18)19-14-8-9-15-19;/h17-19H,2-16H2,1H3;/q-1;+1. The molecule has 3 rings (SSSR count). The Bertz CT molecular complexity index is 245. The van der Waals surface area contributed by atoms with Crippen molar-refractivity contribution in [3.8, 4) is 0 Å². The van der Waals surface area contributed by atoms with Crippen LogP contribution in [0.3, 0.4) is 0 Å². The summed E-state index contributed by atoms with van der Waals surface area (Å²) in [5, 5.41) is 0. The zero-order valence-electron chi connectivity index (χ0n) is 14.9. The van der Waals surface area contributed by atoms with E-state index in [1.807, 2.05) is 0 Å². The fraction of sp³-hybridized carbons (Fsp3) is 1.00. The van der Waals surface area contributed by atoms with Gasteiger partial charge in [-0.05, 0) is 0 Å². The summed E-state index contributed by atoms with van der Waals surface area (Å²) >= 11 is 0. The summed E-state index contributed by atoms with van der Waals surface area (Å²) < 4.78 is 0. The molecular weight excluding hydrogens is 246 g/mol. The van der Waals surface area contributed by atoms with Crippen molar-refractivity contribution in [2.75, 3.05) is 0 Å². The van der Waals surface area contributed by atoms with Crippen molar-refractivity contribution in [3.05, 3.63) is 0 Å². The van der Waals surface area contributed by atoms with Gasteiger partial charge in [-0.3, -0.25) is 0 Å². The smallest absolute Gasteiger partial charge is 0.177 e.